The molecule has 1 aromatic carbocycles. The standard InChI is InChI=1S/C16H17Cl2N3O4S2/c1-10-6-11(17)7-13(18)15(10)27(23,24)20-16-19-8-12(26-16)2-3-21-4-5-25-9-14(21)22/h6-8H,2-5,9H2,1H3,(H,19,20). The maximum absolute atomic E-state index is 12.7. The normalized spacial score (nSPS) is 15.2. The fourth-order valence-electron chi connectivity index (χ4n) is 2.70. The number of amides is 1. The van der Waals surface area contributed by atoms with E-state index >= 15 is 0 Å². The van der Waals surface area contributed by atoms with Crippen molar-refractivity contribution in [2.75, 3.05) is 31.0 Å². The van der Waals surface area contributed by atoms with Gasteiger partial charge in [-0.2, -0.15) is 0 Å². The first kappa shape index (κ1) is 20.3. The molecule has 0 unspecified atom stereocenters. The van der Waals surface area contributed by atoms with Crippen LogP contribution in [0.5, 0.6) is 0 Å². The molecule has 3 rings (SSSR count). The Labute approximate surface area is 171 Å². The van der Waals surface area contributed by atoms with Crippen molar-refractivity contribution in [1.29, 1.82) is 0 Å². The minimum absolute atomic E-state index is 0.0239. The Morgan fingerprint density at radius 3 is 2.85 bits per heavy atom. The van der Waals surface area contributed by atoms with E-state index in [1.165, 1.54) is 23.5 Å². The number of nitrogens with one attached hydrogen (secondary N) is 1. The highest BCUT2D eigenvalue weighted by atomic mass is 35.5. The second-order valence-corrected chi connectivity index (χ2v) is 9.53. The van der Waals surface area contributed by atoms with Gasteiger partial charge >= 0.3 is 0 Å². The molecule has 0 spiro atoms. The number of sulfonamides is 1. The zero-order valence-corrected chi connectivity index (χ0v) is 17.5. The lowest BCUT2D eigenvalue weighted by molar-refractivity contribution is -0.142. The molecule has 1 aliphatic heterocycles. The summed E-state index contributed by atoms with van der Waals surface area (Å²) in [5.41, 5.74) is 0.447. The van der Waals surface area contributed by atoms with Crippen molar-refractivity contribution in [3.8, 4) is 0 Å². The summed E-state index contributed by atoms with van der Waals surface area (Å²) >= 11 is 13.2. The molecule has 0 aliphatic carbocycles. The van der Waals surface area contributed by atoms with Gasteiger partial charge in [0, 0.05) is 35.6 Å². The highest BCUT2D eigenvalue weighted by Gasteiger charge is 2.23. The number of halogens is 2. The first-order valence-electron chi connectivity index (χ1n) is 8.05. The summed E-state index contributed by atoms with van der Waals surface area (Å²) in [6, 6.07) is 2.92. The van der Waals surface area contributed by atoms with Crippen LogP contribution in [0.25, 0.3) is 0 Å². The van der Waals surface area contributed by atoms with Crippen molar-refractivity contribution in [3.05, 3.63) is 38.8 Å². The van der Waals surface area contributed by atoms with Crippen LogP contribution in [0.1, 0.15) is 10.4 Å². The SMILES string of the molecule is Cc1cc(Cl)cc(Cl)c1S(=O)(=O)Nc1ncc(CCN2CCOCC2=O)s1. The number of carbonyl (C=O) groups excluding carboxylic acids is 1. The average molecular weight is 450 g/mol. The fraction of sp³-hybridized carbons (Fsp3) is 0.375. The topological polar surface area (TPSA) is 88.6 Å². The summed E-state index contributed by atoms with van der Waals surface area (Å²) in [7, 11) is -3.90. The van der Waals surface area contributed by atoms with Crippen LogP contribution in [0, 0.1) is 6.92 Å². The lowest BCUT2D eigenvalue weighted by atomic mass is 10.2. The smallest absolute Gasteiger partial charge is 0.265 e. The maximum atomic E-state index is 12.7. The number of anilines is 1. The first-order chi connectivity index (χ1) is 12.8. The van der Waals surface area contributed by atoms with Crippen LogP contribution in [0.3, 0.4) is 0 Å². The second-order valence-electron chi connectivity index (χ2n) is 5.95. The Morgan fingerprint density at radius 1 is 1.37 bits per heavy atom. The summed E-state index contributed by atoms with van der Waals surface area (Å²) < 4.78 is 32.9. The van der Waals surface area contributed by atoms with E-state index in [1.54, 1.807) is 18.0 Å². The summed E-state index contributed by atoms with van der Waals surface area (Å²) in [5, 5.41) is 0.657. The van der Waals surface area contributed by atoms with Crippen LogP contribution in [0.2, 0.25) is 10.0 Å². The van der Waals surface area contributed by atoms with Crippen molar-refractivity contribution in [1.82, 2.24) is 9.88 Å². The molecule has 1 N–H and O–H groups in total. The molecule has 0 bridgehead atoms. The molecule has 0 radical (unpaired) electrons. The molecular weight excluding hydrogens is 433 g/mol. The van der Waals surface area contributed by atoms with Gasteiger partial charge in [-0.25, -0.2) is 13.4 Å². The van der Waals surface area contributed by atoms with Crippen LogP contribution in [0.15, 0.2) is 23.2 Å². The van der Waals surface area contributed by atoms with E-state index in [9.17, 15) is 13.2 Å². The third-order valence-corrected chi connectivity index (χ3v) is 7.22. The summed E-state index contributed by atoms with van der Waals surface area (Å²) in [4.78, 5) is 18.4. The van der Waals surface area contributed by atoms with Crippen LogP contribution < -0.4 is 4.72 Å². The van der Waals surface area contributed by atoms with E-state index in [-0.39, 0.29) is 27.6 Å². The number of aryl methyl sites for hydroxylation is 1. The third kappa shape index (κ3) is 4.91. The van der Waals surface area contributed by atoms with Crippen molar-refractivity contribution in [2.24, 2.45) is 0 Å². The number of aromatic nitrogens is 1. The van der Waals surface area contributed by atoms with Gasteiger partial charge in [-0.15, -0.1) is 11.3 Å². The van der Waals surface area contributed by atoms with E-state index in [1.807, 2.05) is 0 Å². The zero-order valence-electron chi connectivity index (χ0n) is 14.4. The fourth-order valence-corrected chi connectivity index (χ4v) is 5.93. The number of thiazole rings is 1. The molecule has 1 amide bonds. The van der Waals surface area contributed by atoms with Crippen LogP contribution in [0.4, 0.5) is 5.13 Å². The molecule has 11 heteroatoms. The Kier molecular flexibility index (Phi) is 6.27. The van der Waals surface area contributed by atoms with Gasteiger partial charge in [-0.3, -0.25) is 9.52 Å². The number of morpholine rings is 1. The number of hydrogen-bond acceptors (Lipinski definition) is 6. The Morgan fingerprint density at radius 2 is 2.15 bits per heavy atom. The third-order valence-electron chi connectivity index (χ3n) is 3.95. The lowest BCUT2D eigenvalue weighted by Crippen LogP contribution is -2.42. The van der Waals surface area contributed by atoms with Crippen molar-refractivity contribution in [2.45, 2.75) is 18.2 Å². The number of hydrogen-bond donors (Lipinski definition) is 1. The highest BCUT2D eigenvalue weighted by molar-refractivity contribution is 7.93. The second kappa shape index (κ2) is 8.32. The highest BCUT2D eigenvalue weighted by Crippen LogP contribution is 2.31. The Bertz CT molecular complexity index is 939. The summed E-state index contributed by atoms with van der Waals surface area (Å²) in [6.07, 6.45) is 2.19. The predicted octanol–water partition coefficient (Wildman–Crippen LogP) is 2.96. The summed E-state index contributed by atoms with van der Waals surface area (Å²) in [5.74, 6) is -0.0421. The molecule has 146 valence electrons. The largest absolute Gasteiger partial charge is 0.370 e. The zero-order chi connectivity index (χ0) is 19.6. The van der Waals surface area contributed by atoms with Crippen molar-refractivity contribution < 1.29 is 17.9 Å². The predicted molar refractivity (Wildman–Crippen MR) is 105 cm³/mol. The number of rotatable bonds is 6. The molecule has 2 heterocycles. The van der Waals surface area contributed by atoms with Crippen LogP contribution in [-0.2, 0) is 26.0 Å². The number of benzene rings is 1. The molecule has 0 saturated carbocycles. The van der Waals surface area contributed by atoms with Crippen LogP contribution >= 0.6 is 34.5 Å². The molecular formula is C16H17Cl2N3O4S2. The minimum atomic E-state index is -3.90. The van der Waals surface area contributed by atoms with Gasteiger partial charge in [-0.1, -0.05) is 23.2 Å². The molecule has 1 aromatic heterocycles. The van der Waals surface area contributed by atoms with E-state index in [4.69, 9.17) is 27.9 Å². The molecule has 0 atom stereocenters. The molecule has 1 aliphatic rings. The molecule has 1 fully saturated rings. The molecule has 1 saturated heterocycles. The minimum Gasteiger partial charge on any atom is -0.370 e. The number of ether oxygens (including phenoxy) is 1. The van der Waals surface area contributed by atoms with E-state index in [2.05, 4.69) is 9.71 Å². The summed E-state index contributed by atoms with van der Waals surface area (Å²) in [6.45, 7) is 3.36. The van der Waals surface area contributed by atoms with Crippen molar-refractivity contribution >= 4 is 55.6 Å². The molecule has 27 heavy (non-hydrogen) atoms. The van der Waals surface area contributed by atoms with E-state index in [0.29, 0.717) is 36.7 Å². The lowest BCUT2D eigenvalue weighted by Gasteiger charge is -2.26. The average Bonchev–Trinajstić information content (AvgIpc) is 2.99. The quantitative estimate of drug-likeness (QED) is 0.731. The number of nitrogens with zero attached hydrogens (tertiary/aromatic N) is 2. The Balaban J connectivity index is 1.69. The monoisotopic (exact) mass is 449 g/mol. The van der Waals surface area contributed by atoms with Gasteiger partial charge in [0.2, 0.25) is 5.91 Å². The molecule has 7 nitrogen and oxygen atoms in total. The van der Waals surface area contributed by atoms with Gasteiger partial charge in [0.15, 0.2) is 5.13 Å². The van der Waals surface area contributed by atoms with Crippen LogP contribution in [-0.4, -0.2) is 50.5 Å². The van der Waals surface area contributed by atoms with Gasteiger partial charge in [-0.05, 0) is 24.6 Å². The first-order valence-corrected chi connectivity index (χ1v) is 11.1. The number of carbonyl (C=O) groups is 1. The molecule has 2 aromatic rings. The van der Waals surface area contributed by atoms with E-state index in [0.717, 1.165) is 4.88 Å². The van der Waals surface area contributed by atoms with Gasteiger partial charge < -0.3 is 9.64 Å². The van der Waals surface area contributed by atoms with Gasteiger partial charge in [0.05, 0.1) is 11.6 Å². The van der Waals surface area contributed by atoms with Gasteiger partial charge in [0.25, 0.3) is 10.0 Å². The Hall–Kier alpha value is -1.39. The maximum Gasteiger partial charge on any atom is 0.265 e. The van der Waals surface area contributed by atoms with Gasteiger partial charge in [0.1, 0.15) is 11.5 Å². The van der Waals surface area contributed by atoms with Crippen molar-refractivity contribution in [3.63, 3.8) is 0 Å². The van der Waals surface area contributed by atoms with E-state index < -0.39 is 10.0 Å².